The van der Waals surface area contributed by atoms with E-state index in [0.29, 0.717) is 16.5 Å². The Hall–Kier alpha value is -2.42. The third-order valence-corrected chi connectivity index (χ3v) is 6.20. The quantitative estimate of drug-likeness (QED) is 0.703. The molecule has 0 saturated carbocycles. The molecule has 2 aromatic carbocycles. The van der Waals surface area contributed by atoms with Gasteiger partial charge in [0, 0.05) is 5.56 Å². The Balaban J connectivity index is 2.05. The molecule has 0 aromatic heterocycles. The predicted octanol–water partition coefficient (Wildman–Crippen LogP) is 2.51. The van der Waals surface area contributed by atoms with Crippen molar-refractivity contribution in [3.8, 4) is 5.75 Å². The van der Waals surface area contributed by atoms with Gasteiger partial charge >= 0.3 is 0 Å². The van der Waals surface area contributed by atoms with Crippen LogP contribution in [0.15, 0.2) is 47.4 Å². The van der Waals surface area contributed by atoms with E-state index >= 15 is 0 Å². The highest BCUT2D eigenvalue weighted by Gasteiger charge is 2.26. The maximum Gasteiger partial charge on any atom is 0.267 e. The molecular weight excluding hydrogens is 368 g/mol. The van der Waals surface area contributed by atoms with Gasteiger partial charge < -0.3 is 4.74 Å². The summed E-state index contributed by atoms with van der Waals surface area (Å²) in [5.41, 5.74) is 4.51. The molecule has 0 aliphatic carbocycles. The number of sulfone groups is 1. The molecular formula is C19H24N2O5S. The van der Waals surface area contributed by atoms with Crippen LogP contribution in [0.2, 0.25) is 0 Å². The zero-order valence-corrected chi connectivity index (χ0v) is 16.6. The van der Waals surface area contributed by atoms with Crippen LogP contribution in [-0.2, 0) is 9.84 Å². The Kier molecular flexibility index (Phi) is 6.59. The van der Waals surface area contributed by atoms with E-state index in [1.807, 2.05) is 19.9 Å². The minimum atomic E-state index is -3.68. The first-order valence-electron chi connectivity index (χ1n) is 8.37. The molecule has 1 unspecified atom stereocenters. The number of hydrogen-bond donors (Lipinski definition) is 2. The van der Waals surface area contributed by atoms with Gasteiger partial charge in [0.1, 0.15) is 5.75 Å². The van der Waals surface area contributed by atoms with Gasteiger partial charge in [-0.1, -0.05) is 17.2 Å². The average molecular weight is 392 g/mol. The van der Waals surface area contributed by atoms with E-state index in [-0.39, 0.29) is 11.4 Å². The maximum atomic E-state index is 12.6. The highest BCUT2D eigenvalue weighted by molar-refractivity contribution is 7.92. The second-order valence-electron chi connectivity index (χ2n) is 6.43. The minimum absolute atomic E-state index is 0.116. The second-order valence-corrected chi connectivity index (χ2v) is 8.80. The van der Waals surface area contributed by atoms with E-state index in [4.69, 9.17) is 4.74 Å². The largest absolute Gasteiger partial charge is 0.497 e. The molecule has 8 heteroatoms. The SMILES string of the molecule is COc1ccc(S(=O)(=O)C(C)CN(O)NC(=O)c2cc(C)cc(C)c2)cc1. The van der Waals surface area contributed by atoms with Crippen LogP contribution < -0.4 is 10.2 Å². The van der Waals surface area contributed by atoms with Gasteiger partial charge in [-0.3, -0.25) is 15.4 Å². The lowest BCUT2D eigenvalue weighted by Gasteiger charge is -2.20. The summed E-state index contributed by atoms with van der Waals surface area (Å²) >= 11 is 0. The first-order valence-corrected chi connectivity index (χ1v) is 9.91. The van der Waals surface area contributed by atoms with Crippen molar-refractivity contribution in [2.24, 2.45) is 0 Å². The third kappa shape index (κ3) is 5.29. The Labute approximate surface area is 159 Å². The fourth-order valence-electron chi connectivity index (χ4n) is 2.67. The number of nitrogens with zero attached hydrogens (tertiary/aromatic N) is 1. The molecule has 0 heterocycles. The second kappa shape index (κ2) is 8.51. The summed E-state index contributed by atoms with van der Waals surface area (Å²) < 4.78 is 30.3. The summed E-state index contributed by atoms with van der Waals surface area (Å²) in [7, 11) is -2.19. The Morgan fingerprint density at radius 2 is 1.70 bits per heavy atom. The first kappa shape index (κ1) is 20.9. The van der Waals surface area contributed by atoms with Crippen LogP contribution in [-0.4, -0.2) is 43.6 Å². The van der Waals surface area contributed by atoms with Crippen LogP contribution in [0, 0.1) is 13.8 Å². The zero-order chi connectivity index (χ0) is 20.2. The topological polar surface area (TPSA) is 95.9 Å². The number of nitrogens with one attached hydrogen (secondary N) is 1. The number of methoxy groups -OCH3 is 1. The lowest BCUT2D eigenvalue weighted by molar-refractivity contribution is -0.123. The Morgan fingerprint density at radius 1 is 1.15 bits per heavy atom. The van der Waals surface area contributed by atoms with Crippen LogP contribution in [0.3, 0.4) is 0 Å². The van der Waals surface area contributed by atoms with E-state index in [9.17, 15) is 18.4 Å². The van der Waals surface area contributed by atoms with Crippen molar-refractivity contribution >= 4 is 15.7 Å². The molecule has 0 saturated heterocycles. The molecule has 0 fully saturated rings. The number of rotatable bonds is 7. The molecule has 1 atom stereocenters. The fourth-order valence-corrected chi connectivity index (χ4v) is 3.99. The van der Waals surface area contributed by atoms with Gasteiger partial charge in [0.2, 0.25) is 0 Å². The zero-order valence-electron chi connectivity index (χ0n) is 15.8. The van der Waals surface area contributed by atoms with Gasteiger partial charge in [-0.25, -0.2) is 8.42 Å². The Bertz CT molecular complexity index is 890. The van der Waals surface area contributed by atoms with Crippen LogP contribution in [0.4, 0.5) is 0 Å². The molecule has 0 radical (unpaired) electrons. The summed E-state index contributed by atoms with van der Waals surface area (Å²) in [4.78, 5) is 12.4. The van der Waals surface area contributed by atoms with E-state index < -0.39 is 21.0 Å². The van der Waals surface area contributed by atoms with E-state index in [1.54, 1.807) is 24.3 Å². The summed E-state index contributed by atoms with van der Waals surface area (Å²) in [5.74, 6) is 0.0319. The average Bonchev–Trinajstić information content (AvgIpc) is 2.60. The van der Waals surface area contributed by atoms with Crippen molar-refractivity contribution < 1.29 is 23.2 Å². The number of hydroxylamine groups is 1. The molecule has 0 spiro atoms. The lowest BCUT2D eigenvalue weighted by atomic mass is 10.1. The minimum Gasteiger partial charge on any atom is -0.497 e. The monoisotopic (exact) mass is 392 g/mol. The number of benzene rings is 2. The highest BCUT2D eigenvalue weighted by atomic mass is 32.2. The van der Waals surface area contributed by atoms with Gasteiger partial charge in [0.25, 0.3) is 5.91 Å². The number of ether oxygens (including phenoxy) is 1. The Morgan fingerprint density at radius 3 is 2.22 bits per heavy atom. The van der Waals surface area contributed by atoms with Crippen molar-refractivity contribution in [1.82, 2.24) is 10.6 Å². The first-order chi connectivity index (χ1) is 12.6. The standard InChI is InChI=1S/C19H24N2O5S/c1-13-9-14(2)11-16(10-13)19(22)20-21(23)12-15(3)27(24,25)18-7-5-17(26-4)6-8-18/h5-11,15,23H,12H2,1-4H3,(H,20,22). The summed E-state index contributed by atoms with van der Waals surface area (Å²) in [6.07, 6.45) is 0. The highest BCUT2D eigenvalue weighted by Crippen LogP contribution is 2.20. The number of carbonyl (C=O) groups excluding carboxylic acids is 1. The number of hydrogen-bond acceptors (Lipinski definition) is 6. The molecule has 2 rings (SSSR count). The molecule has 2 N–H and O–H groups in total. The van der Waals surface area contributed by atoms with Crippen molar-refractivity contribution in [2.45, 2.75) is 30.9 Å². The van der Waals surface area contributed by atoms with Crippen molar-refractivity contribution in [1.29, 1.82) is 0 Å². The van der Waals surface area contributed by atoms with Crippen LogP contribution >= 0.6 is 0 Å². The molecule has 146 valence electrons. The number of hydrazine groups is 1. The summed E-state index contributed by atoms with van der Waals surface area (Å²) in [6, 6.07) is 11.3. The normalized spacial score (nSPS) is 12.7. The molecule has 0 bridgehead atoms. The molecule has 27 heavy (non-hydrogen) atoms. The third-order valence-electron chi connectivity index (χ3n) is 4.06. The van der Waals surface area contributed by atoms with E-state index in [2.05, 4.69) is 5.43 Å². The summed E-state index contributed by atoms with van der Waals surface area (Å²) in [6.45, 7) is 4.91. The van der Waals surface area contributed by atoms with Crippen LogP contribution in [0.1, 0.15) is 28.4 Å². The number of aryl methyl sites for hydroxylation is 2. The van der Waals surface area contributed by atoms with Gasteiger partial charge in [0.15, 0.2) is 9.84 Å². The number of carbonyl (C=O) groups is 1. The summed E-state index contributed by atoms with van der Waals surface area (Å²) in [5, 5.41) is 9.56. The lowest BCUT2D eigenvalue weighted by Crippen LogP contribution is -2.45. The smallest absolute Gasteiger partial charge is 0.267 e. The maximum absolute atomic E-state index is 12.6. The van der Waals surface area contributed by atoms with Gasteiger partial charge in [-0.2, -0.15) is 0 Å². The molecule has 0 aliphatic heterocycles. The van der Waals surface area contributed by atoms with Gasteiger partial charge in [0.05, 0.1) is 23.8 Å². The molecule has 7 nitrogen and oxygen atoms in total. The van der Waals surface area contributed by atoms with Crippen molar-refractivity contribution in [2.75, 3.05) is 13.7 Å². The van der Waals surface area contributed by atoms with Gasteiger partial charge in [-0.05, 0) is 57.2 Å². The van der Waals surface area contributed by atoms with Crippen LogP contribution in [0.25, 0.3) is 0 Å². The van der Waals surface area contributed by atoms with Gasteiger partial charge in [-0.15, -0.1) is 5.17 Å². The molecule has 1 amide bonds. The van der Waals surface area contributed by atoms with Crippen molar-refractivity contribution in [3.05, 3.63) is 59.2 Å². The molecule has 2 aromatic rings. The predicted molar refractivity (Wildman–Crippen MR) is 102 cm³/mol. The van der Waals surface area contributed by atoms with E-state index in [0.717, 1.165) is 11.1 Å². The van der Waals surface area contributed by atoms with Crippen molar-refractivity contribution in [3.63, 3.8) is 0 Å². The molecule has 0 aliphatic rings. The number of amides is 1. The fraction of sp³-hybridized carbons (Fsp3) is 0.316. The van der Waals surface area contributed by atoms with E-state index in [1.165, 1.54) is 26.2 Å². The van der Waals surface area contributed by atoms with Crippen LogP contribution in [0.5, 0.6) is 5.75 Å².